The smallest absolute Gasteiger partial charge is 0.243 e. The molecule has 1 atom stereocenters. The molecule has 2 aromatic carbocycles. The van der Waals surface area contributed by atoms with Gasteiger partial charge in [-0.15, -0.1) is 0 Å². The van der Waals surface area contributed by atoms with Crippen molar-refractivity contribution < 1.29 is 31.1 Å². The van der Waals surface area contributed by atoms with Crippen LogP contribution in [0.15, 0.2) is 59.5 Å². The summed E-state index contributed by atoms with van der Waals surface area (Å²) in [6, 6.07) is 16.0. The summed E-state index contributed by atoms with van der Waals surface area (Å²) in [7, 11) is -6.99. The lowest BCUT2D eigenvalue weighted by atomic mass is 9.99. The molecule has 1 N–H and O–H groups in total. The molecule has 0 aliphatic carbocycles. The second-order valence-corrected chi connectivity index (χ2v) is 13.8. The number of sulfonamides is 2. The molecule has 0 bridgehead atoms. The summed E-state index contributed by atoms with van der Waals surface area (Å²) >= 11 is 0. The number of ether oxygens (including phenoxy) is 2. The highest BCUT2D eigenvalue weighted by molar-refractivity contribution is 7.89. The van der Waals surface area contributed by atoms with Crippen LogP contribution in [0.3, 0.4) is 0 Å². The van der Waals surface area contributed by atoms with Crippen LogP contribution in [0.4, 0.5) is 0 Å². The fraction of sp³-hybridized carbons (Fsp3) is 0.519. The number of piperidine rings is 1. The summed E-state index contributed by atoms with van der Waals surface area (Å²) in [5, 5.41) is 2.84. The first kappa shape index (κ1) is 29.5. The fourth-order valence-electron chi connectivity index (χ4n) is 4.77. The minimum absolute atomic E-state index is 0.0661. The Balaban J connectivity index is 1.18. The van der Waals surface area contributed by atoms with Crippen molar-refractivity contribution in [3.63, 3.8) is 0 Å². The lowest BCUT2D eigenvalue weighted by molar-refractivity contribution is -0.126. The van der Waals surface area contributed by atoms with E-state index in [1.54, 1.807) is 12.1 Å². The maximum absolute atomic E-state index is 12.9. The van der Waals surface area contributed by atoms with Gasteiger partial charge in [0.2, 0.25) is 26.0 Å². The van der Waals surface area contributed by atoms with E-state index < -0.39 is 26.0 Å². The van der Waals surface area contributed by atoms with Crippen LogP contribution in [0.2, 0.25) is 0 Å². The van der Waals surface area contributed by atoms with Gasteiger partial charge in [-0.1, -0.05) is 30.3 Å². The molecule has 2 aromatic rings. The first-order valence-corrected chi connectivity index (χ1v) is 16.4. The predicted octanol–water partition coefficient (Wildman–Crippen LogP) is 1.88. The Labute approximate surface area is 231 Å². The quantitative estimate of drug-likeness (QED) is 0.381. The predicted molar refractivity (Wildman–Crippen MR) is 147 cm³/mol. The van der Waals surface area contributed by atoms with E-state index in [9.17, 15) is 21.6 Å². The van der Waals surface area contributed by atoms with E-state index in [-0.39, 0.29) is 36.3 Å². The van der Waals surface area contributed by atoms with Crippen LogP contribution in [0.1, 0.15) is 24.8 Å². The Morgan fingerprint density at radius 1 is 0.949 bits per heavy atom. The molecule has 0 spiro atoms. The number of carbonyl (C=O) groups is 1. The third-order valence-electron chi connectivity index (χ3n) is 6.96. The summed E-state index contributed by atoms with van der Waals surface area (Å²) in [5.41, 5.74) is 1.11. The van der Waals surface area contributed by atoms with Crippen LogP contribution < -0.4 is 10.1 Å². The zero-order valence-corrected chi connectivity index (χ0v) is 23.7. The molecule has 2 heterocycles. The Kier molecular flexibility index (Phi) is 10.4. The molecule has 10 nitrogen and oxygen atoms in total. The Morgan fingerprint density at radius 2 is 1.67 bits per heavy atom. The van der Waals surface area contributed by atoms with Gasteiger partial charge in [0.15, 0.2) is 0 Å². The van der Waals surface area contributed by atoms with Crippen molar-refractivity contribution in [2.24, 2.45) is 5.92 Å². The van der Waals surface area contributed by atoms with Crippen molar-refractivity contribution in [3.8, 4) is 5.75 Å². The number of rotatable bonds is 12. The SMILES string of the molecule is O=C(NCCOc1ccc(S(=O)(=O)N2CCOCC2)cc1)[C@@H]1CCCN(S(=O)(=O)CCCc2ccccc2)C1. The lowest BCUT2D eigenvalue weighted by Gasteiger charge is -2.31. The standard InChI is InChI=1S/C27H37N3O7S2/c31-27(24-9-4-15-30(22-24)38(32,33)21-5-8-23-6-2-1-3-7-23)28-14-18-37-25-10-12-26(13-11-25)39(34,35)29-16-19-36-20-17-29/h1-3,6-7,10-13,24H,4-5,8-9,14-22H2,(H,28,31)/t24-/m1/s1. The summed E-state index contributed by atoms with van der Waals surface area (Å²) in [6.07, 6.45) is 2.52. The first-order chi connectivity index (χ1) is 18.8. The van der Waals surface area contributed by atoms with Crippen molar-refractivity contribution in [3.05, 3.63) is 60.2 Å². The van der Waals surface area contributed by atoms with Gasteiger partial charge in [-0.05, 0) is 55.5 Å². The van der Waals surface area contributed by atoms with E-state index in [0.29, 0.717) is 64.3 Å². The number of benzene rings is 2. The van der Waals surface area contributed by atoms with Gasteiger partial charge in [0.1, 0.15) is 12.4 Å². The van der Waals surface area contributed by atoms with E-state index in [1.807, 2.05) is 30.3 Å². The van der Waals surface area contributed by atoms with Crippen LogP contribution in [-0.4, -0.2) is 89.7 Å². The van der Waals surface area contributed by atoms with Crippen LogP contribution in [0, 0.1) is 5.92 Å². The van der Waals surface area contributed by atoms with Crippen molar-refractivity contribution in [2.45, 2.75) is 30.6 Å². The largest absolute Gasteiger partial charge is 0.492 e. The van der Waals surface area contributed by atoms with Gasteiger partial charge in [-0.3, -0.25) is 4.79 Å². The number of morpholine rings is 1. The Bertz CT molecular complexity index is 1280. The van der Waals surface area contributed by atoms with Gasteiger partial charge in [0, 0.05) is 26.2 Å². The van der Waals surface area contributed by atoms with Crippen molar-refractivity contribution >= 4 is 26.0 Å². The number of hydrogen-bond donors (Lipinski definition) is 1. The number of aryl methyl sites for hydroxylation is 1. The summed E-state index contributed by atoms with van der Waals surface area (Å²) < 4.78 is 64.9. The van der Waals surface area contributed by atoms with E-state index in [1.165, 1.54) is 20.7 Å². The van der Waals surface area contributed by atoms with E-state index in [2.05, 4.69) is 5.32 Å². The number of amides is 1. The molecule has 2 fully saturated rings. The molecule has 0 unspecified atom stereocenters. The van der Waals surface area contributed by atoms with Gasteiger partial charge in [0.25, 0.3) is 0 Å². The van der Waals surface area contributed by atoms with Gasteiger partial charge >= 0.3 is 0 Å². The Morgan fingerprint density at radius 3 is 2.38 bits per heavy atom. The number of nitrogens with one attached hydrogen (secondary N) is 1. The van der Waals surface area contributed by atoms with E-state index >= 15 is 0 Å². The molecule has 0 saturated carbocycles. The number of carbonyl (C=O) groups excluding carboxylic acids is 1. The van der Waals surface area contributed by atoms with Gasteiger partial charge < -0.3 is 14.8 Å². The minimum Gasteiger partial charge on any atom is -0.492 e. The highest BCUT2D eigenvalue weighted by atomic mass is 32.2. The zero-order valence-electron chi connectivity index (χ0n) is 22.0. The molecule has 12 heteroatoms. The van der Waals surface area contributed by atoms with Crippen LogP contribution in [-0.2, 0) is 36.0 Å². The molecule has 0 aromatic heterocycles. The van der Waals surface area contributed by atoms with E-state index in [0.717, 1.165) is 5.56 Å². The zero-order chi connectivity index (χ0) is 27.7. The Hall–Kier alpha value is -2.51. The molecule has 2 saturated heterocycles. The number of nitrogens with zero attached hydrogens (tertiary/aromatic N) is 2. The number of hydrogen-bond acceptors (Lipinski definition) is 7. The molecule has 39 heavy (non-hydrogen) atoms. The third kappa shape index (κ3) is 8.24. The van der Waals surface area contributed by atoms with Crippen LogP contribution in [0.25, 0.3) is 0 Å². The van der Waals surface area contributed by atoms with Gasteiger partial charge in [-0.25, -0.2) is 21.1 Å². The van der Waals surface area contributed by atoms with Crippen molar-refractivity contribution in [1.82, 2.24) is 13.9 Å². The summed E-state index contributed by atoms with van der Waals surface area (Å²) in [5.74, 6) is -0.0194. The molecule has 1 amide bonds. The van der Waals surface area contributed by atoms with Gasteiger partial charge in [0.05, 0.1) is 36.3 Å². The molecule has 2 aliphatic rings. The molecule has 4 rings (SSSR count). The van der Waals surface area contributed by atoms with E-state index in [4.69, 9.17) is 9.47 Å². The molecule has 214 valence electrons. The molecular formula is C27H37N3O7S2. The summed E-state index contributed by atoms with van der Waals surface area (Å²) in [4.78, 5) is 12.9. The summed E-state index contributed by atoms with van der Waals surface area (Å²) in [6.45, 7) is 2.53. The highest BCUT2D eigenvalue weighted by Crippen LogP contribution is 2.22. The fourth-order valence-corrected chi connectivity index (χ4v) is 7.76. The second kappa shape index (κ2) is 13.7. The third-order valence-corrected chi connectivity index (χ3v) is 10.8. The van der Waals surface area contributed by atoms with Crippen molar-refractivity contribution in [2.75, 3.05) is 58.3 Å². The topological polar surface area (TPSA) is 122 Å². The first-order valence-electron chi connectivity index (χ1n) is 13.4. The highest BCUT2D eigenvalue weighted by Gasteiger charge is 2.32. The average molecular weight is 580 g/mol. The minimum atomic E-state index is -3.57. The van der Waals surface area contributed by atoms with Crippen LogP contribution in [0.5, 0.6) is 5.75 Å². The maximum Gasteiger partial charge on any atom is 0.243 e. The normalized spacial score (nSPS) is 19.4. The molecule has 0 radical (unpaired) electrons. The van der Waals surface area contributed by atoms with Crippen molar-refractivity contribution in [1.29, 1.82) is 0 Å². The second-order valence-electron chi connectivity index (χ2n) is 9.73. The van der Waals surface area contributed by atoms with Crippen LogP contribution >= 0.6 is 0 Å². The molecule has 2 aliphatic heterocycles. The lowest BCUT2D eigenvalue weighted by Crippen LogP contribution is -2.46. The molecular weight excluding hydrogens is 542 g/mol. The maximum atomic E-state index is 12.9. The average Bonchev–Trinajstić information content (AvgIpc) is 2.96. The monoisotopic (exact) mass is 579 g/mol. The van der Waals surface area contributed by atoms with Gasteiger partial charge in [-0.2, -0.15) is 4.31 Å².